The van der Waals surface area contributed by atoms with Crippen LogP contribution < -0.4 is 0 Å². The zero-order valence-electron chi connectivity index (χ0n) is 8.77. The van der Waals surface area contributed by atoms with Crippen LogP contribution in [0.1, 0.15) is 23.3 Å². The van der Waals surface area contributed by atoms with E-state index in [0.717, 1.165) is 25.9 Å². The molecule has 1 aromatic rings. The monoisotopic (exact) mass is 225 g/mol. The number of hydrogen-bond donors (Lipinski definition) is 1. The van der Waals surface area contributed by atoms with Crippen molar-refractivity contribution in [2.45, 2.75) is 32.4 Å². The molecule has 0 saturated carbocycles. The summed E-state index contributed by atoms with van der Waals surface area (Å²) in [4.78, 5) is 14.4. The van der Waals surface area contributed by atoms with Gasteiger partial charge in [-0.1, -0.05) is 0 Å². The van der Waals surface area contributed by atoms with Gasteiger partial charge in [-0.2, -0.15) is 0 Å². The zero-order valence-corrected chi connectivity index (χ0v) is 9.59. The summed E-state index contributed by atoms with van der Waals surface area (Å²) in [5.41, 5.74) is 1.27. The first-order chi connectivity index (χ1) is 7.18. The fourth-order valence-corrected chi connectivity index (χ4v) is 2.98. The molecule has 0 spiro atoms. The van der Waals surface area contributed by atoms with Gasteiger partial charge in [0.2, 0.25) is 0 Å². The molecule has 4 heteroatoms. The number of likely N-dealkylation sites (tertiary alicyclic amines) is 1. The van der Waals surface area contributed by atoms with Crippen molar-refractivity contribution in [3.05, 3.63) is 21.9 Å². The molecule has 82 valence electrons. The van der Waals surface area contributed by atoms with Crippen molar-refractivity contribution >= 4 is 17.3 Å². The van der Waals surface area contributed by atoms with E-state index in [2.05, 4.69) is 23.3 Å². The minimum Gasteiger partial charge on any atom is -0.480 e. The summed E-state index contributed by atoms with van der Waals surface area (Å²) >= 11 is 1.72. The highest BCUT2D eigenvalue weighted by molar-refractivity contribution is 7.10. The fraction of sp³-hybridized carbons (Fsp3) is 0.545. The Balaban J connectivity index is 2.06. The second-order valence-corrected chi connectivity index (χ2v) is 4.99. The van der Waals surface area contributed by atoms with E-state index >= 15 is 0 Å². The quantitative estimate of drug-likeness (QED) is 0.856. The zero-order chi connectivity index (χ0) is 10.8. The van der Waals surface area contributed by atoms with Crippen LogP contribution in [0.15, 0.2) is 11.4 Å². The Kier molecular flexibility index (Phi) is 3.07. The molecule has 2 rings (SSSR count). The number of hydrogen-bond acceptors (Lipinski definition) is 3. The van der Waals surface area contributed by atoms with Crippen LogP contribution in [0.25, 0.3) is 0 Å². The number of rotatable bonds is 3. The van der Waals surface area contributed by atoms with Gasteiger partial charge >= 0.3 is 5.97 Å². The molecule has 1 N–H and O–H groups in total. The molecule has 1 saturated heterocycles. The predicted molar refractivity (Wildman–Crippen MR) is 60.1 cm³/mol. The van der Waals surface area contributed by atoms with Gasteiger partial charge in [0.05, 0.1) is 0 Å². The molecule has 0 amide bonds. The van der Waals surface area contributed by atoms with Crippen LogP contribution in [0.5, 0.6) is 0 Å². The molecule has 0 radical (unpaired) electrons. The van der Waals surface area contributed by atoms with Gasteiger partial charge in [0, 0.05) is 11.4 Å². The van der Waals surface area contributed by atoms with Gasteiger partial charge in [0.15, 0.2) is 0 Å². The number of carboxylic acids is 1. The highest BCUT2D eigenvalue weighted by atomic mass is 32.1. The Morgan fingerprint density at radius 2 is 2.53 bits per heavy atom. The van der Waals surface area contributed by atoms with E-state index in [9.17, 15) is 4.79 Å². The van der Waals surface area contributed by atoms with Gasteiger partial charge in [-0.15, -0.1) is 11.3 Å². The minimum absolute atomic E-state index is 0.272. The lowest BCUT2D eigenvalue weighted by atomic mass is 10.2. The van der Waals surface area contributed by atoms with Crippen molar-refractivity contribution in [3.63, 3.8) is 0 Å². The van der Waals surface area contributed by atoms with Gasteiger partial charge < -0.3 is 5.11 Å². The maximum Gasteiger partial charge on any atom is 0.320 e. The molecule has 1 aromatic heterocycles. The summed E-state index contributed by atoms with van der Waals surface area (Å²) in [6.07, 6.45) is 1.79. The molecule has 1 atom stereocenters. The van der Waals surface area contributed by atoms with Gasteiger partial charge in [-0.3, -0.25) is 9.69 Å². The Hall–Kier alpha value is -0.870. The molecule has 0 bridgehead atoms. The Labute approximate surface area is 93.3 Å². The lowest BCUT2D eigenvalue weighted by Crippen LogP contribution is -2.35. The summed E-state index contributed by atoms with van der Waals surface area (Å²) in [6, 6.07) is 1.82. The number of aliphatic carboxylic acids is 1. The molecule has 1 unspecified atom stereocenters. The van der Waals surface area contributed by atoms with E-state index in [4.69, 9.17) is 5.11 Å². The number of aryl methyl sites for hydroxylation is 1. The number of carbonyl (C=O) groups is 1. The SMILES string of the molecule is Cc1ccsc1CN1CCCC1C(=O)O. The average molecular weight is 225 g/mol. The van der Waals surface area contributed by atoms with Crippen LogP contribution in [-0.4, -0.2) is 28.6 Å². The number of nitrogens with zero attached hydrogens (tertiary/aromatic N) is 1. The highest BCUT2D eigenvalue weighted by Crippen LogP contribution is 2.24. The maximum atomic E-state index is 11.0. The van der Waals surface area contributed by atoms with E-state index in [1.54, 1.807) is 11.3 Å². The third-order valence-electron chi connectivity index (χ3n) is 2.96. The maximum absolute atomic E-state index is 11.0. The second kappa shape index (κ2) is 4.33. The van der Waals surface area contributed by atoms with Crippen LogP contribution in [0.3, 0.4) is 0 Å². The number of carboxylic acid groups (broad SMARTS) is 1. The molecular formula is C11H15NO2S. The molecule has 2 heterocycles. The molecule has 0 aromatic carbocycles. The van der Waals surface area contributed by atoms with Crippen LogP contribution in [0, 0.1) is 6.92 Å². The Morgan fingerprint density at radius 3 is 3.13 bits per heavy atom. The first kappa shape index (κ1) is 10.6. The molecule has 1 fully saturated rings. The third kappa shape index (κ3) is 2.21. The van der Waals surface area contributed by atoms with Crippen LogP contribution in [-0.2, 0) is 11.3 Å². The van der Waals surface area contributed by atoms with Gasteiger partial charge in [-0.25, -0.2) is 0 Å². The van der Waals surface area contributed by atoms with E-state index in [1.807, 2.05) is 0 Å². The normalized spacial score (nSPS) is 22.1. The third-order valence-corrected chi connectivity index (χ3v) is 3.97. The molecular weight excluding hydrogens is 210 g/mol. The number of thiophene rings is 1. The largest absolute Gasteiger partial charge is 0.480 e. The van der Waals surface area contributed by atoms with E-state index in [1.165, 1.54) is 10.4 Å². The van der Waals surface area contributed by atoms with Gasteiger partial charge in [0.1, 0.15) is 6.04 Å². The lowest BCUT2D eigenvalue weighted by molar-refractivity contribution is -0.142. The van der Waals surface area contributed by atoms with E-state index in [-0.39, 0.29) is 6.04 Å². The fourth-order valence-electron chi connectivity index (χ4n) is 2.05. The summed E-state index contributed by atoms with van der Waals surface area (Å²) in [7, 11) is 0. The highest BCUT2D eigenvalue weighted by Gasteiger charge is 2.30. The minimum atomic E-state index is -0.679. The standard InChI is InChI=1S/C11H15NO2S/c1-8-4-6-15-10(8)7-12-5-2-3-9(12)11(13)14/h4,6,9H,2-3,5,7H2,1H3,(H,13,14). The molecule has 3 nitrogen and oxygen atoms in total. The Morgan fingerprint density at radius 1 is 1.73 bits per heavy atom. The van der Waals surface area contributed by atoms with Crippen molar-refractivity contribution in [2.75, 3.05) is 6.54 Å². The van der Waals surface area contributed by atoms with Crippen molar-refractivity contribution in [1.29, 1.82) is 0 Å². The van der Waals surface area contributed by atoms with Crippen molar-refractivity contribution in [3.8, 4) is 0 Å². The summed E-state index contributed by atoms with van der Waals surface area (Å²) < 4.78 is 0. The predicted octanol–water partition coefficient (Wildman–Crippen LogP) is 2.11. The second-order valence-electron chi connectivity index (χ2n) is 3.99. The summed E-state index contributed by atoms with van der Waals surface area (Å²) in [5, 5.41) is 11.1. The summed E-state index contributed by atoms with van der Waals surface area (Å²) in [5.74, 6) is -0.679. The van der Waals surface area contributed by atoms with Crippen LogP contribution in [0.2, 0.25) is 0 Å². The first-order valence-electron chi connectivity index (χ1n) is 5.18. The molecule has 1 aliphatic rings. The van der Waals surface area contributed by atoms with Gasteiger partial charge in [0.25, 0.3) is 0 Å². The molecule has 1 aliphatic heterocycles. The van der Waals surface area contributed by atoms with E-state index in [0.29, 0.717) is 0 Å². The smallest absolute Gasteiger partial charge is 0.320 e. The average Bonchev–Trinajstić information content (AvgIpc) is 2.77. The van der Waals surface area contributed by atoms with Crippen LogP contribution in [0.4, 0.5) is 0 Å². The Bertz CT molecular complexity index is 361. The van der Waals surface area contributed by atoms with Gasteiger partial charge in [-0.05, 0) is 43.3 Å². The van der Waals surface area contributed by atoms with Crippen molar-refractivity contribution in [1.82, 2.24) is 4.90 Å². The van der Waals surface area contributed by atoms with Crippen molar-refractivity contribution < 1.29 is 9.90 Å². The molecule has 0 aliphatic carbocycles. The van der Waals surface area contributed by atoms with Crippen LogP contribution >= 0.6 is 11.3 Å². The lowest BCUT2D eigenvalue weighted by Gasteiger charge is -2.20. The molecule has 15 heavy (non-hydrogen) atoms. The van der Waals surface area contributed by atoms with E-state index < -0.39 is 5.97 Å². The van der Waals surface area contributed by atoms with Crippen molar-refractivity contribution in [2.24, 2.45) is 0 Å². The topological polar surface area (TPSA) is 40.5 Å². The summed E-state index contributed by atoms with van der Waals surface area (Å²) in [6.45, 7) is 3.78. The first-order valence-corrected chi connectivity index (χ1v) is 6.06.